The molecule has 0 fully saturated rings. The molecule has 0 aliphatic carbocycles. The number of hydrogen-bond donors (Lipinski definition) is 1. The van der Waals surface area contributed by atoms with Gasteiger partial charge in [-0.2, -0.15) is 0 Å². The SMILES string of the molecule is c1ccc2c(c1)ccc1cc3c(cc12)CNC3. The van der Waals surface area contributed by atoms with Gasteiger partial charge in [0.2, 0.25) is 0 Å². The van der Waals surface area contributed by atoms with Gasteiger partial charge in [-0.3, -0.25) is 0 Å². The molecule has 3 aromatic rings. The van der Waals surface area contributed by atoms with Crippen molar-refractivity contribution in [2.45, 2.75) is 13.1 Å². The zero-order valence-electron chi connectivity index (χ0n) is 9.53. The number of rotatable bonds is 0. The Morgan fingerprint density at radius 1 is 0.706 bits per heavy atom. The Morgan fingerprint density at radius 2 is 1.47 bits per heavy atom. The molecule has 1 aliphatic rings. The Kier molecular flexibility index (Phi) is 1.79. The molecule has 1 N–H and O–H groups in total. The molecule has 0 saturated carbocycles. The van der Waals surface area contributed by atoms with Crippen molar-refractivity contribution < 1.29 is 0 Å². The summed E-state index contributed by atoms with van der Waals surface area (Å²) >= 11 is 0. The van der Waals surface area contributed by atoms with Gasteiger partial charge in [0.15, 0.2) is 0 Å². The summed E-state index contributed by atoms with van der Waals surface area (Å²) in [6, 6.07) is 17.7. The monoisotopic (exact) mass is 219 g/mol. The molecule has 0 saturated heterocycles. The highest BCUT2D eigenvalue weighted by molar-refractivity contribution is 6.07. The fourth-order valence-electron chi connectivity index (χ4n) is 2.81. The topological polar surface area (TPSA) is 12.0 Å². The molecule has 4 rings (SSSR count). The maximum atomic E-state index is 3.41. The van der Waals surface area contributed by atoms with Gasteiger partial charge in [-0.05, 0) is 44.8 Å². The molecule has 0 amide bonds. The highest BCUT2D eigenvalue weighted by Crippen LogP contribution is 2.29. The minimum absolute atomic E-state index is 1.01. The lowest BCUT2D eigenvalue weighted by Crippen LogP contribution is -1.99. The molecular formula is C16H13N. The molecule has 0 bridgehead atoms. The molecule has 0 spiro atoms. The van der Waals surface area contributed by atoms with Gasteiger partial charge < -0.3 is 5.32 Å². The second kappa shape index (κ2) is 3.31. The van der Waals surface area contributed by atoms with Crippen LogP contribution in [0.4, 0.5) is 0 Å². The van der Waals surface area contributed by atoms with E-state index < -0.39 is 0 Å². The van der Waals surface area contributed by atoms with E-state index in [0.717, 1.165) is 13.1 Å². The normalized spacial score (nSPS) is 14.4. The summed E-state index contributed by atoms with van der Waals surface area (Å²) in [5.41, 5.74) is 2.90. The summed E-state index contributed by atoms with van der Waals surface area (Å²) in [7, 11) is 0. The fourth-order valence-corrected chi connectivity index (χ4v) is 2.81. The first-order chi connectivity index (χ1) is 8.42. The predicted molar refractivity (Wildman–Crippen MR) is 72.0 cm³/mol. The van der Waals surface area contributed by atoms with E-state index in [1.807, 2.05) is 0 Å². The van der Waals surface area contributed by atoms with Gasteiger partial charge in [0.05, 0.1) is 0 Å². The fraction of sp³-hybridized carbons (Fsp3) is 0.125. The average molecular weight is 219 g/mol. The van der Waals surface area contributed by atoms with Crippen LogP contribution in [0.15, 0.2) is 48.5 Å². The van der Waals surface area contributed by atoms with Crippen LogP contribution in [0.3, 0.4) is 0 Å². The molecule has 1 nitrogen and oxygen atoms in total. The molecule has 0 unspecified atom stereocenters. The van der Waals surface area contributed by atoms with Gasteiger partial charge in [0, 0.05) is 13.1 Å². The summed E-state index contributed by atoms with van der Waals surface area (Å²) in [6.07, 6.45) is 0. The smallest absolute Gasteiger partial charge is 0.0212 e. The maximum absolute atomic E-state index is 3.41. The highest BCUT2D eigenvalue weighted by atomic mass is 14.9. The van der Waals surface area contributed by atoms with Crippen molar-refractivity contribution in [2.24, 2.45) is 0 Å². The van der Waals surface area contributed by atoms with Gasteiger partial charge in [-0.15, -0.1) is 0 Å². The average Bonchev–Trinajstić information content (AvgIpc) is 2.83. The van der Waals surface area contributed by atoms with Crippen LogP contribution >= 0.6 is 0 Å². The van der Waals surface area contributed by atoms with Crippen LogP contribution in [0, 0.1) is 0 Å². The summed E-state index contributed by atoms with van der Waals surface area (Å²) in [4.78, 5) is 0. The van der Waals surface area contributed by atoms with E-state index in [1.54, 1.807) is 0 Å². The first-order valence-electron chi connectivity index (χ1n) is 6.06. The van der Waals surface area contributed by atoms with Crippen molar-refractivity contribution in [1.82, 2.24) is 5.32 Å². The van der Waals surface area contributed by atoms with Crippen molar-refractivity contribution in [3.63, 3.8) is 0 Å². The Morgan fingerprint density at radius 3 is 2.41 bits per heavy atom. The molecule has 0 aromatic heterocycles. The van der Waals surface area contributed by atoms with Gasteiger partial charge in [0.1, 0.15) is 0 Å². The quantitative estimate of drug-likeness (QED) is 0.570. The number of hydrogen-bond acceptors (Lipinski definition) is 1. The van der Waals surface area contributed by atoms with Crippen molar-refractivity contribution in [1.29, 1.82) is 0 Å². The minimum atomic E-state index is 1.01. The Labute approximate surface area is 100 Å². The van der Waals surface area contributed by atoms with Gasteiger partial charge in [0.25, 0.3) is 0 Å². The van der Waals surface area contributed by atoms with Gasteiger partial charge in [-0.25, -0.2) is 0 Å². The third kappa shape index (κ3) is 1.29. The molecule has 0 atom stereocenters. The van der Waals surface area contributed by atoms with E-state index in [0.29, 0.717) is 0 Å². The Hall–Kier alpha value is -1.86. The van der Waals surface area contributed by atoms with E-state index in [1.165, 1.54) is 32.7 Å². The van der Waals surface area contributed by atoms with Crippen LogP contribution in [-0.2, 0) is 13.1 Å². The van der Waals surface area contributed by atoms with Crippen LogP contribution in [0.1, 0.15) is 11.1 Å². The van der Waals surface area contributed by atoms with Gasteiger partial charge in [-0.1, -0.05) is 36.4 Å². The molecule has 82 valence electrons. The third-order valence-electron chi connectivity index (χ3n) is 3.70. The first-order valence-corrected chi connectivity index (χ1v) is 6.06. The van der Waals surface area contributed by atoms with Crippen molar-refractivity contribution in [3.05, 3.63) is 59.7 Å². The summed E-state index contributed by atoms with van der Waals surface area (Å²) < 4.78 is 0. The number of benzene rings is 3. The highest BCUT2D eigenvalue weighted by Gasteiger charge is 2.11. The van der Waals surface area contributed by atoms with E-state index in [-0.39, 0.29) is 0 Å². The predicted octanol–water partition coefficient (Wildman–Crippen LogP) is 3.60. The standard InChI is InChI=1S/C16H13N/c1-2-4-15-11(3-1)5-6-12-7-13-9-17-10-14(13)8-16(12)15/h1-8,17H,9-10H2. The first kappa shape index (κ1) is 9.20. The second-order valence-corrected chi connectivity index (χ2v) is 4.73. The third-order valence-corrected chi connectivity index (χ3v) is 3.70. The summed E-state index contributed by atoms with van der Waals surface area (Å²) in [5.74, 6) is 0. The molecular weight excluding hydrogens is 206 g/mol. The molecule has 17 heavy (non-hydrogen) atoms. The zero-order valence-corrected chi connectivity index (χ0v) is 9.53. The largest absolute Gasteiger partial charge is 0.309 e. The molecule has 1 aliphatic heterocycles. The molecule has 0 radical (unpaired) electrons. The van der Waals surface area contributed by atoms with E-state index in [4.69, 9.17) is 0 Å². The van der Waals surface area contributed by atoms with E-state index in [2.05, 4.69) is 53.8 Å². The number of nitrogens with one attached hydrogen (secondary N) is 1. The van der Waals surface area contributed by atoms with Crippen LogP contribution < -0.4 is 5.32 Å². The Bertz CT molecular complexity index is 728. The zero-order chi connectivity index (χ0) is 11.2. The van der Waals surface area contributed by atoms with Crippen molar-refractivity contribution in [3.8, 4) is 0 Å². The van der Waals surface area contributed by atoms with Crippen LogP contribution in [0.25, 0.3) is 21.5 Å². The minimum Gasteiger partial charge on any atom is -0.309 e. The summed E-state index contributed by atoms with van der Waals surface area (Å²) in [6.45, 7) is 2.02. The molecule has 3 aromatic carbocycles. The number of fused-ring (bicyclic) bond motifs is 4. The van der Waals surface area contributed by atoms with Crippen molar-refractivity contribution >= 4 is 21.5 Å². The van der Waals surface area contributed by atoms with E-state index in [9.17, 15) is 0 Å². The molecule has 1 heteroatoms. The second-order valence-electron chi connectivity index (χ2n) is 4.73. The lowest BCUT2D eigenvalue weighted by molar-refractivity contribution is 0.765. The van der Waals surface area contributed by atoms with Crippen LogP contribution in [0.5, 0.6) is 0 Å². The maximum Gasteiger partial charge on any atom is 0.0212 e. The van der Waals surface area contributed by atoms with Crippen molar-refractivity contribution in [2.75, 3.05) is 0 Å². The lowest BCUT2D eigenvalue weighted by atomic mass is 9.98. The lowest BCUT2D eigenvalue weighted by Gasteiger charge is -2.06. The van der Waals surface area contributed by atoms with Crippen LogP contribution in [0.2, 0.25) is 0 Å². The Balaban J connectivity index is 2.19. The molecule has 1 heterocycles. The summed E-state index contributed by atoms with van der Waals surface area (Å²) in [5, 5.41) is 8.83. The van der Waals surface area contributed by atoms with Crippen LogP contribution in [-0.4, -0.2) is 0 Å². The van der Waals surface area contributed by atoms with Gasteiger partial charge >= 0.3 is 0 Å². The van der Waals surface area contributed by atoms with E-state index >= 15 is 0 Å².